The maximum Gasteiger partial charge on any atom is 0.171 e. The summed E-state index contributed by atoms with van der Waals surface area (Å²) in [7, 11) is 0. The van der Waals surface area contributed by atoms with Gasteiger partial charge >= 0.3 is 0 Å². The fourth-order valence-corrected chi connectivity index (χ4v) is 3.53. The number of benzene rings is 3. The Balaban J connectivity index is 1.92. The Morgan fingerprint density at radius 3 is 1.68 bits per heavy atom. The largest absolute Gasteiger partial charge is 0.293 e. The van der Waals surface area contributed by atoms with Crippen molar-refractivity contribution in [2.24, 2.45) is 0 Å². The molecule has 0 aliphatic heterocycles. The van der Waals surface area contributed by atoms with Crippen LogP contribution in [0.2, 0.25) is 0 Å². The van der Waals surface area contributed by atoms with Crippen molar-refractivity contribution in [3.63, 3.8) is 0 Å². The summed E-state index contributed by atoms with van der Waals surface area (Å²) in [4.78, 5) is 13.0. The molecule has 22 heavy (non-hydrogen) atoms. The van der Waals surface area contributed by atoms with Crippen LogP contribution in [-0.4, -0.2) is 5.78 Å². The van der Waals surface area contributed by atoms with E-state index in [1.165, 1.54) is 5.56 Å². The molecule has 0 aromatic heterocycles. The van der Waals surface area contributed by atoms with Gasteiger partial charge in [-0.25, -0.2) is 0 Å². The molecule has 0 amide bonds. The second kappa shape index (κ2) is 5.27. The maximum atomic E-state index is 13.0. The highest BCUT2D eigenvalue weighted by atomic mass is 16.1. The lowest BCUT2D eigenvalue weighted by Crippen LogP contribution is -2.12. The SMILES string of the molecule is O=C1c2ccccc2C(c2ccccc2)C1c1ccccc1. The molecule has 0 N–H and O–H groups in total. The zero-order valence-corrected chi connectivity index (χ0v) is 12.1. The van der Waals surface area contributed by atoms with Crippen LogP contribution >= 0.6 is 0 Å². The standard InChI is InChI=1S/C21H16O/c22-21-18-14-8-7-13-17(18)19(15-9-3-1-4-10-15)20(21)16-11-5-2-6-12-16/h1-14,19-20H. The molecule has 0 heterocycles. The molecule has 1 heteroatoms. The molecule has 106 valence electrons. The van der Waals surface area contributed by atoms with Gasteiger partial charge in [0.1, 0.15) is 0 Å². The summed E-state index contributed by atoms with van der Waals surface area (Å²) in [6, 6.07) is 28.5. The number of fused-ring (bicyclic) bond motifs is 1. The average Bonchev–Trinajstić information content (AvgIpc) is 2.90. The summed E-state index contributed by atoms with van der Waals surface area (Å²) in [6.45, 7) is 0. The van der Waals surface area contributed by atoms with Crippen LogP contribution in [0.4, 0.5) is 0 Å². The van der Waals surface area contributed by atoms with Crippen LogP contribution < -0.4 is 0 Å². The third kappa shape index (κ3) is 1.98. The number of hydrogen-bond acceptors (Lipinski definition) is 1. The molecule has 0 saturated heterocycles. The van der Waals surface area contributed by atoms with E-state index in [4.69, 9.17) is 0 Å². The second-order valence-electron chi connectivity index (χ2n) is 5.73. The smallest absolute Gasteiger partial charge is 0.171 e. The molecular formula is C21H16O. The van der Waals surface area contributed by atoms with Gasteiger partial charge in [-0.3, -0.25) is 4.79 Å². The third-order valence-electron chi connectivity index (χ3n) is 4.49. The van der Waals surface area contributed by atoms with Gasteiger partial charge in [0.25, 0.3) is 0 Å². The molecular weight excluding hydrogens is 268 g/mol. The summed E-state index contributed by atoms with van der Waals surface area (Å²) in [5.74, 6) is 0.212. The Bertz CT molecular complexity index is 806. The fraction of sp³-hybridized carbons (Fsp3) is 0.0952. The Kier molecular flexibility index (Phi) is 3.12. The van der Waals surface area contributed by atoms with Crippen LogP contribution in [0.5, 0.6) is 0 Å². The Labute approximate surface area is 130 Å². The minimum absolute atomic E-state index is 0.104. The molecule has 1 nitrogen and oxygen atoms in total. The molecule has 0 saturated carbocycles. The van der Waals surface area contributed by atoms with Crippen LogP contribution in [0.3, 0.4) is 0 Å². The van der Waals surface area contributed by atoms with Gasteiger partial charge in [-0.15, -0.1) is 0 Å². The summed E-state index contributed by atoms with van der Waals surface area (Å²) in [5, 5.41) is 0. The van der Waals surface area contributed by atoms with E-state index in [0.717, 1.165) is 16.7 Å². The van der Waals surface area contributed by atoms with Gasteiger partial charge < -0.3 is 0 Å². The molecule has 1 aliphatic carbocycles. The first-order valence-electron chi connectivity index (χ1n) is 7.59. The van der Waals surface area contributed by atoms with E-state index in [1.54, 1.807) is 0 Å². The van der Waals surface area contributed by atoms with Gasteiger partial charge in [0.15, 0.2) is 5.78 Å². The molecule has 2 unspecified atom stereocenters. The third-order valence-corrected chi connectivity index (χ3v) is 4.49. The molecule has 0 fully saturated rings. The molecule has 0 spiro atoms. The van der Waals surface area contributed by atoms with Crippen LogP contribution in [-0.2, 0) is 0 Å². The first-order valence-corrected chi connectivity index (χ1v) is 7.59. The van der Waals surface area contributed by atoms with Crippen molar-refractivity contribution < 1.29 is 4.79 Å². The van der Waals surface area contributed by atoms with E-state index < -0.39 is 0 Å². The Morgan fingerprint density at radius 1 is 0.545 bits per heavy atom. The van der Waals surface area contributed by atoms with Gasteiger partial charge in [-0.1, -0.05) is 84.9 Å². The maximum absolute atomic E-state index is 13.0. The quantitative estimate of drug-likeness (QED) is 0.660. The van der Waals surface area contributed by atoms with Gasteiger partial charge in [-0.05, 0) is 16.7 Å². The highest BCUT2D eigenvalue weighted by Crippen LogP contribution is 2.47. The van der Waals surface area contributed by atoms with Crippen LogP contribution in [0.15, 0.2) is 84.9 Å². The zero-order valence-electron chi connectivity index (χ0n) is 12.1. The van der Waals surface area contributed by atoms with Crippen molar-refractivity contribution in [1.82, 2.24) is 0 Å². The lowest BCUT2D eigenvalue weighted by atomic mass is 9.81. The zero-order chi connectivity index (χ0) is 14.9. The van der Waals surface area contributed by atoms with Crippen molar-refractivity contribution in [1.29, 1.82) is 0 Å². The molecule has 3 aromatic rings. The lowest BCUT2D eigenvalue weighted by molar-refractivity contribution is 0.0968. The van der Waals surface area contributed by atoms with Crippen LogP contribution in [0.1, 0.15) is 38.9 Å². The van der Waals surface area contributed by atoms with Crippen molar-refractivity contribution in [2.45, 2.75) is 11.8 Å². The van der Waals surface area contributed by atoms with E-state index in [-0.39, 0.29) is 17.6 Å². The molecule has 3 aromatic carbocycles. The summed E-state index contributed by atoms with van der Waals surface area (Å²) < 4.78 is 0. The predicted molar refractivity (Wildman–Crippen MR) is 88.2 cm³/mol. The summed E-state index contributed by atoms with van der Waals surface area (Å²) in [6.07, 6.45) is 0. The van der Waals surface area contributed by atoms with E-state index in [2.05, 4.69) is 30.3 Å². The van der Waals surface area contributed by atoms with E-state index in [9.17, 15) is 4.79 Å². The number of hydrogen-bond donors (Lipinski definition) is 0. The topological polar surface area (TPSA) is 17.1 Å². The number of ketones is 1. The van der Waals surface area contributed by atoms with Crippen molar-refractivity contribution >= 4 is 5.78 Å². The Morgan fingerprint density at radius 2 is 1.05 bits per heavy atom. The van der Waals surface area contributed by atoms with E-state index in [0.29, 0.717) is 0 Å². The van der Waals surface area contributed by atoms with Crippen molar-refractivity contribution in [3.8, 4) is 0 Å². The van der Waals surface area contributed by atoms with Gasteiger partial charge in [0, 0.05) is 11.5 Å². The first-order chi connectivity index (χ1) is 10.9. The molecule has 0 bridgehead atoms. The first kappa shape index (κ1) is 13.0. The minimum atomic E-state index is -0.124. The second-order valence-corrected chi connectivity index (χ2v) is 5.73. The van der Waals surface area contributed by atoms with Crippen molar-refractivity contribution in [3.05, 3.63) is 107 Å². The van der Waals surface area contributed by atoms with Crippen LogP contribution in [0.25, 0.3) is 0 Å². The normalized spacial score (nSPS) is 19.9. The minimum Gasteiger partial charge on any atom is -0.293 e. The number of Topliss-reactive ketones (excluding diaryl/α,β-unsaturated/α-hetero) is 1. The van der Waals surface area contributed by atoms with Gasteiger partial charge in [-0.2, -0.15) is 0 Å². The molecule has 1 aliphatic rings. The average molecular weight is 284 g/mol. The number of carbonyl (C=O) groups excluding carboxylic acids is 1. The molecule has 4 rings (SSSR count). The summed E-state index contributed by atoms with van der Waals surface area (Å²) in [5.41, 5.74) is 4.31. The van der Waals surface area contributed by atoms with E-state index >= 15 is 0 Å². The highest BCUT2D eigenvalue weighted by Gasteiger charge is 2.40. The lowest BCUT2D eigenvalue weighted by Gasteiger charge is -2.20. The molecule has 0 radical (unpaired) electrons. The monoisotopic (exact) mass is 284 g/mol. The predicted octanol–water partition coefficient (Wildman–Crippen LogP) is 4.80. The van der Waals surface area contributed by atoms with Gasteiger partial charge in [0.05, 0.1) is 5.92 Å². The van der Waals surface area contributed by atoms with E-state index in [1.807, 2.05) is 54.6 Å². The van der Waals surface area contributed by atoms with Crippen molar-refractivity contribution in [2.75, 3.05) is 0 Å². The highest BCUT2D eigenvalue weighted by molar-refractivity contribution is 6.07. The number of rotatable bonds is 2. The van der Waals surface area contributed by atoms with Crippen LogP contribution in [0, 0.1) is 0 Å². The molecule has 2 atom stereocenters. The van der Waals surface area contributed by atoms with Gasteiger partial charge in [0.2, 0.25) is 0 Å². The fourth-order valence-electron chi connectivity index (χ4n) is 3.53. The summed E-state index contributed by atoms with van der Waals surface area (Å²) >= 11 is 0. The Hall–Kier alpha value is -2.67. The number of carbonyl (C=O) groups is 1.